The van der Waals surface area contributed by atoms with Crippen molar-refractivity contribution in [3.8, 4) is 0 Å². The van der Waals surface area contributed by atoms with E-state index < -0.39 is 17.2 Å². The molecule has 0 aliphatic carbocycles. The number of methoxy groups -OCH3 is 1. The summed E-state index contributed by atoms with van der Waals surface area (Å²) in [7, 11) is 1.50. The summed E-state index contributed by atoms with van der Waals surface area (Å²) < 4.78 is 10.4. The van der Waals surface area contributed by atoms with Gasteiger partial charge < -0.3 is 9.47 Å². The molecule has 0 bridgehead atoms. The minimum Gasteiger partial charge on any atom is -0.458 e. The lowest BCUT2D eigenvalue weighted by molar-refractivity contribution is -0.196. The van der Waals surface area contributed by atoms with E-state index in [1.54, 1.807) is 20.8 Å². The molecule has 0 fully saturated rings. The highest BCUT2D eigenvalue weighted by Gasteiger charge is 2.46. The monoisotopic (exact) mass is 261 g/mol. The molecule has 0 amide bonds. The molecule has 0 heterocycles. The lowest BCUT2D eigenvalue weighted by Gasteiger charge is -2.36. The van der Waals surface area contributed by atoms with Crippen LogP contribution >= 0.6 is 0 Å². The lowest BCUT2D eigenvalue weighted by atomic mass is 9.82. The fraction of sp³-hybridized carbons (Fsp3) is 0.923. The molecule has 0 saturated carbocycles. The molecular formula is C13H27NO4. The van der Waals surface area contributed by atoms with Crippen molar-refractivity contribution in [3.63, 3.8) is 0 Å². The topological polar surface area (TPSA) is 70.8 Å². The zero-order valence-electron chi connectivity index (χ0n) is 12.6. The van der Waals surface area contributed by atoms with Crippen LogP contribution in [0.25, 0.3) is 0 Å². The van der Waals surface area contributed by atoms with E-state index in [0.29, 0.717) is 6.42 Å². The third-order valence-electron chi connectivity index (χ3n) is 2.19. The fourth-order valence-corrected chi connectivity index (χ4v) is 1.77. The Morgan fingerprint density at radius 1 is 1.11 bits per heavy atom. The minimum absolute atomic E-state index is 0.0652. The SMILES string of the molecule is COC[C@](CC(C)(C)C)(ON)C(=O)OC(C)(C)C. The number of hydrogen-bond acceptors (Lipinski definition) is 5. The first-order valence-electron chi connectivity index (χ1n) is 6.06. The van der Waals surface area contributed by atoms with Gasteiger partial charge in [-0.25, -0.2) is 10.7 Å². The zero-order chi connectivity index (χ0) is 14.6. The second-order valence-electron chi connectivity index (χ2n) is 6.78. The van der Waals surface area contributed by atoms with Crippen molar-refractivity contribution in [1.29, 1.82) is 0 Å². The predicted molar refractivity (Wildman–Crippen MR) is 69.8 cm³/mol. The van der Waals surface area contributed by atoms with Crippen molar-refractivity contribution in [2.24, 2.45) is 11.3 Å². The molecule has 0 unspecified atom stereocenters. The Bertz CT molecular complexity index is 278. The highest BCUT2D eigenvalue weighted by Crippen LogP contribution is 2.31. The standard InChI is InChI=1S/C13H27NO4/c1-11(2,3)8-13(18-14,9-16-7)10(15)17-12(4,5)6/h8-9,14H2,1-7H3/t13-/m0/s1. The molecule has 0 aromatic heterocycles. The smallest absolute Gasteiger partial charge is 0.343 e. The van der Waals surface area contributed by atoms with Crippen LogP contribution < -0.4 is 5.90 Å². The summed E-state index contributed by atoms with van der Waals surface area (Å²) in [5, 5.41) is 0. The van der Waals surface area contributed by atoms with E-state index in [1.807, 2.05) is 20.8 Å². The van der Waals surface area contributed by atoms with Gasteiger partial charge in [-0.3, -0.25) is 4.84 Å². The summed E-state index contributed by atoms with van der Waals surface area (Å²) in [6, 6.07) is 0. The van der Waals surface area contributed by atoms with Crippen LogP contribution in [-0.2, 0) is 19.1 Å². The molecule has 108 valence electrons. The Balaban J connectivity index is 5.13. The van der Waals surface area contributed by atoms with Gasteiger partial charge in [0.1, 0.15) is 5.60 Å². The number of hydrogen-bond donors (Lipinski definition) is 1. The van der Waals surface area contributed by atoms with Gasteiger partial charge in [-0.15, -0.1) is 0 Å². The average Bonchev–Trinajstić information content (AvgIpc) is 2.12. The van der Waals surface area contributed by atoms with Gasteiger partial charge in [0.05, 0.1) is 6.61 Å². The van der Waals surface area contributed by atoms with Crippen molar-refractivity contribution in [2.45, 2.75) is 59.2 Å². The maximum atomic E-state index is 12.3. The Hall–Kier alpha value is -0.650. The molecule has 2 N–H and O–H groups in total. The first kappa shape index (κ1) is 17.4. The Morgan fingerprint density at radius 3 is 1.89 bits per heavy atom. The van der Waals surface area contributed by atoms with Gasteiger partial charge in [0.25, 0.3) is 0 Å². The van der Waals surface area contributed by atoms with E-state index in [1.165, 1.54) is 7.11 Å². The summed E-state index contributed by atoms with van der Waals surface area (Å²) in [5.74, 6) is 4.85. The van der Waals surface area contributed by atoms with Gasteiger partial charge in [-0.05, 0) is 32.6 Å². The number of ether oxygens (including phenoxy) is 2. The number of esters is 1. The van der Waals surface area contributed by atoms with Crippen LogP contribution in [0.15, 0.2) is 0 Å². The molecule has 0 radical (unpaired) electrons. The maximum Gasteiger partial charge on any atom is 0.343 e. The summed E-state index contributed by atoms with van der Waals surface area (Å²) in [6.07, 6.45) is 0.416. The predicted octanol–water partition coefficient (Wildman–Crippen LogP) is 2.04. The van der Waals surface area contributed by atoms with Crippen LogP contribution in [0.2, 0.25) is 0 Å². The van der Waals surface area contributed by atoms with Crippen LogP contribution in [0, 0.1) is 5.41 Å². The van der Waals surface area contributed by atoms with Gasteiger partial charge in [-0.2, -0.15) is 0 Å². The quantitative estimate of drug-likeness (QED) is 0.605. The second-order valence-corrected chi connectivity index (χ2v) is 6.78. The Morgan fingerprint density at radius 2 is 1.61 bits per heavy atom. The third kappa shape index (κ3) is 5.80. The molecule has 0 aromatic rings. The van der Waals surface area contributed by atoms with Crippen molar-refractivity contribution in [3.05, 3.63) is 0 Å². The van der Waals surface area contributed by atoms with Gasteiger partial charge in [-0.1, -0.05) is 20.8 Å². The molecule has 5 nitrogen and oxygen atoms in total. The number of nitrogens with two attached hydrogens (primary N) is 1. The molecule has 0 spiro atoms. The summed E-state index contributed by atoms with van der Waals surface area (Å²) in [5.41, 5.74) is -2.00. The van der Waals surface area contributed by atoms with Gasteiger partial charge in [0.2, 0.25) is 5.60 Å². The minimum atomic E-state index is -1.26. The lowest BCUT2D eigenvalue weighted by Crippen LogP contribution is -2.52. The summed E-state index contributed by atoms with van der Waals surface area (Å²) >= 11 is 0. The summed E-state index contributed by atoms with van der Waals surface area (Å²) in [6.45, 7) is 11.5. The molecular weight excluding hydrogens is 234 g/mol. The maximum absolute atomic E-state index is 12.3. The number of carbonyl (C=O) groups excluding carboxylic acids is 1. The van der Waals surface area contributed by atoms with Crippen molar-refractivity contribution < 1.29 is 19.1 Å². The molecule has 0 aliphatic heterocycles. The normalized spacial score (nSPS) is 16.2. The third-order valence-corrected chi connectivity index (χ3v) is 2.19. The van der Waals surface area contributed by atoms with Gasteiger partial charge >= 0.3 is 5.97 Å². The highest BCUT2D eigenvalue weighted by atomic mass is 16.7. The first-order valence-corrected chi connectivity index (χ1v) is 6.06. The fourth-order valence-electron chi connectivity index (χ4n) is 1.77. The van der Waals surface area contributed by atoms with Crippen LogP contribution in [0.1, 0.15) is 48.0 Å². The molecule has 0 saturated heterocycles. The Kier molecular flexibility index (Phi) is 5.78. The average molecular weight is 261 g/mol. The molecule has 1 atom stereocenters. The van der Waals surface area contributed by atoms with Crippen LogP contribution in [-0.4, -0.2) is 30.9 Å². The van der Waals surface area contributed by atoms with Crippen LogP contribution in [0.4, 0.5) is 0 Å². The van der Waals surface area contributed by atoms with E-state index >= 15 is 0 Å². The van der Waals surface area contributed by atoms with Crippen LogP contribution in [0.3, 0.4) is 0 Å². The van der Waals surface area contributed by atoms with E-state index in [9.17, 15) is 4.79 Å². The van der Waals surface area contributed by atoms with E-state index in [2.05, 4.69) is 0 Å². The molecule has 0 aromatic carbocycles. The van der Waals surface area contributed by atoms with Crippen molar-refractivity contribution in [2.75, 3.05) is 13.7 Å². The Labute approximate surface area is 110 Å². The van der Waals surface area contributed by atoms with Crippen LogP contribution in [0.5, 0.6) is 0 Å². The first-order chi connectivity index (χ1) is 7.96. The van der Waals surface area contributed by atoms with E-state index in [-0.39, 0.29) is 12.0 Å². The van der Waals surface area contributed by atoms with E-state index in [4.69, 9.17) is 20.2 Å². The highest BCUT2D eigenvalue weighted by molar-refractivity contribution is 5.80. The summed E-state index contributed by atoms with van der Waals surface area (Å²) in [4.78, 5) is 17.2. The largest absolute Gasteiger partial charge is 0.458 e. The number of rotatable bonds is 5. The van der Waals surface area contributed by atoms with Gasteiger partial charge in [0.15, 0.2) is 0 Å². The molecule has 0 rings (SSSR count). The zero-order valence-corrected chi connectivity index (χ0v) is 12.6. The number of carbonyl (C=O) groups is 1. The molecule has 0 aliphatic rings. The second kappa shape index (κ2) is 5.99. The van der Waals surface area contributed by atoms with Crippen molar-refractivity contribution in [1.82, 2.24) is 0 Å². The molecule has 18 heavy (non-hydrogen) atoms. The molecule has 5 heteroatoms. The van der Waals surface area contributed by atoms with E-state index in [0.717, 1.165) is 0 Å². The van der Waals surface area contributed by atoms with Crippen molar-refractivity contribution >= 4 is 5.97 Å². The van der Waals surface area contributed by atoms with Gasteiger partial charge in [0, 0.05) is 7.11 Å².